The van der Waals surface area contributed by atoms with Crippen LogP contribution in [0.2, 0.25) is 0 Å². The standard InChI is InChI=1S/C12H17N5/c1-4-12(2,3)17(11(14)16-9-13)10-6-5-7-15-8-10/h5-8H,4H2,1-3H3,(H2,14,16). The van der Waals surface area contributed by atoms with Gasteiger partial charge in [-0.15, -0.1) is 0 Å². The summed E-state index contributed by atoms with van der Waals surface area (Å²) < 4.78 is 0. The minimum absolute atomic E-state index is 0.0624. The second-order valence-electron chi connectivity index (χ2n) is 4.30. The predicted molar refractivity (Wildman–Crippen MR) is 67.6 cm³/mol. The molecule has 90 valence electrons. The van der Waals surface area contributed by atoms with Crippen molar-refractivity contribution in [1.29, 1.82) is 10.7 Å². The maximum absolute atomic E-state index is 8.63. The Kier molecular flexibility index (Phi) is 4.05. The first kappa shape index (κ1) is 13.0. The molecular weight excluding hydrogens is 214 g/mol. The number of nitriles is 1. The van der Waals surface area contributed by atoms with E-state index in [4.69, 9.17) is 10.7 Å². The van der Waals surface area contributed by atoms with Crippen molar-refractivity contribution in [2.45, 2.75) is 32.7 Å². The van der Waals surface area contributed by atoms with Gasteiger partial charge in [-0.05, 0) is 32.4 Å². The number of hydrogen-bond acceptors (Lipinski definition) is 3. The van der Waals surface area contributed by atoms with E-state index in [1.807, 2.05) is 32.9 Å². The Morgan fingerprint density at radius 3 is 2.82 bits per heavy atom. The number of rotatable bonds is 3. The average molecular weight is 231 g/mol. The van der Waals surface area contributed by atoms with E-state index in [0.29, 0.717) is 0 Å². The molecule has 0 unspecified atom stereocenters. The van der Waals surface area contributed by atoms with Crippen LogP contribution in [0.5, 0.6) is 0 Å². The van der Waals surface area contributed by atoms with Gasteiger partial charge in [0.05, 0.1) is 11.9 Å². The van der Waals surface area contributed by atoms with Crippen molar-refractivity contribution < 1.29 is 0 Å². The summed E-state index contributed by atoms with van der Waals surface area (Å²) in [5.41, 5.74) is 0.538. The molecule has 1 heterocycles. The fraction of sp³-hybridized carbons (Fsp3) is 0.417. The lowest BCUT2D eigenvalue weighted by Gasteiger charge is -2.38. The maximum Gasteiger partial charge on any atom is 0.209 e. The first-order valence-corrected chi connectivity index (χ1v) is 5.47. The molecule has 0 aliphatic rings. The Balaban J connectivity index is 3.13. The quantitative estimate of drug-likeness (QED) is 0.361. The summed E-state index contributed by atoms with van der Waals surface area (Å²) in [6.45, 7) is 6.09. The highest BCUT2D eigenvalue weighted by molar-refractivity contribution is 5.95. The Morgan fingerprint density at radius 2 is 2.35 bits per heavy atom. The van der Waals surface area contributed by atoms with Crippen LogP contribution in [-0.4, -0.2) is 16.5 Å². The van der Waals surface area contributed by atoms with E-state index in [2.05, 4.69) is 10.3 Å². The lowest BCUT2D eigenvalue weighted by Crippen LogP contribution is -2.51. The zero-order chi connectivity index (χ0) is 12.9. The summed E-state index contributed by atoms with van der Waals surface area (Å²) >= 11 is 0. The second kappa shape index (κ2) is 5.30. The molecule has 2 N–H and O–H groups in total. The molecule has 17 heavy (non-hydrogen) atoms. The molecule has 0 saturated carbocycles. The number of aromatic nitrogens is 1. The molecule has 0 spiro atoms. The Morgan fingerprint density at radius 1 is 1.65 bits per heavy atom. The fourth-order valence-corrected chi connectivity index (χ4v) is 1.53. The van der Waals surface area contributed by atoms with Crippen LogP contribution in [-0.2, 0) is 0 Å². The predicted octanol–water partition coefficient (Wildman–Crippen LogP) is 2.08. The molecule has 5 nitrogen and oxygen atoms in total. The summed E-state index contributed by atoms with van der Waals surface area (Å²) in [6, 6.07) is 3.69. The van der Waals surface area contributed by atoms with Gasteiger partial charge in [0.1, 0.15) is 0 Å². The molecule has 0 aliphatic carbocycles. The van der Waals surface area contributed by atoms with Crippen molar-refractivity contribution in [3.8, 4) is 6.19 Å². The van der Waals surface area contributed by atoms with Crippen LogP contribution in [0.25, 0.3) is 0 Å². The molecule has 0 fully saturated rings. The molecule has 1 aromatic heterocycles. The van der Waals surface area contributed by atoms with E-state index >= 15 is 0 Å². The minimum atomic E-state index is -0.260. The molecule has 1 rings (SSSR count). The number of anilines is 1. The van der Waals surface area contributed by atoms with Crippen LogP contribution < -0.4 is 10.2 Å². The van der Waals surface area contributed by atoms with E-state index in [1.54, 1.807) is 23.5 Å². The van der Waals surface area contributed by atoms with Gasteiger partial charge in [-0.3, -0.25) is 15.7 Å². The van der Waals surface area contributed by atoms with Crippen LogP contribution in [0.3, 0.4) is 0 Å². The van der Waals surface area contributed by atoms with Crippen LogP contribution in [0.15, 0.2) is 24.5 Å². The number of nitrogens with zero attached hydrogens (tertiary/aromatic N) is 3. The highest BCUT2D eigenvalue weighted by Gasteiger charge is 2.28. The molecule has 0 atom stereocenters. The molecule has 0 bridgehead atoms. The van der Waals surface area contributed by atoms with Gasteiger partial charge in [-0.25, -0.2) is 0 Å². The average Bonchev–Trinajstić information content (AvgIpc) is 2.30. The normalized spacial score (nSPS) is 10.5. The Labute approximate surface area is 102 Å². The Hall–Kier alpha value is -2.09. The van der Waals surface area contributed by atoms with E-state index in [1.165, 1.54) is 0 Å². The van der Waals surface area contributed by atoms with Crippen LogP contribution >= 0.6 is 0 Å². The molecule has 0 aromatic carbocycles. The van der Waals surface area contributed by atoms with E-state index in [9.17, 15) is 0 Å². The van der Waals surface area contributed by atoms with Gasteiger partial charge in [-0.2, -0.15) is 5.26 Å². The first-order chi connectivity index (χ1) is 8.03. The van der Waals surface area contributed by atoms with Crippen molar-refractivity contribution in [2.24, 2.45) is 0 Å². The van der Waals surface area contributed by atoms with Gasteiger partial charge in [0.15, 0.2) is 6.19 Å². The lowest BCUT2D eigenvalue weighted by atomic mass is 9.99. The Bertz CT molecular complexity index is 418. The highest BCUT2D eigenvalue weighted by Crippen LogP contribution is 2.25. The minimum Gasteiger partial charge on any atom is -0.305 e. The molecule has 0 aliphatic heterocycles. The topological polar surface area (TPSA) is 75.8 Å². The molecule has 0 saturated heterocycles. The number of guanidine groups is 1. The van der Waals surface area contributed by atoms with Gasteiger partial charge in [0, 0.05) is 11.7 Å². The summed E-state index contributed by atoms with van der Waals surface area (Å²) in [4.78, 5) is 5.81. The van der Waals surface area contributed by atoms with Crippen molar-refractivity contribution in [1.82, 2.24) is 10.3 Å². The molecule has 0 radical (unpaired) electrons. The van der Waals surface area contributed by atoms with E-state index in [0.717, 1.165) is 12.1 Å². The van der Waals surface area contributed by atoms with Gasteiger partial charge in [-0.1, -0.05) is 6.92 Å². The second-order valence-corrected chi connectivity index (χ2v) is 4.30. The molecule has 1 aromatic rings. The van der Waals surface area contributed by atoms with Crippen LogP contribution in [0, 0.1) is 16.9 Å². The van der Waals surface area contributed by atoms with Crippen LogP contribution in [0.4, 0.5) is 5.69 Å². The van der Waals surface area contributed by atoms with Gasteiger partial charge in [0.25, 0.3) is 0 Å². The number of pyridine rings is 1. The zero-order valence-electron chi connectivity index (χ0n) is 10.4. The largest absolute Gasteiger partial charge is 0.305 e. The van der Waals surface area contributed by atoms with Crippen molar-refractivity contribution in [3.05, 3.63) is 24.5 Å². The third kappa shape index (κ3) is 2.94. The van der Waals surface area contributed by atoms with Crippen LogP contribution in [0.1, 0.15) is 27.2 Å². The zero-order valence-corrected chi connectivity index (χ0v) is 10.4. The highest BCUT2D eigenvalue weighted by atomic mass is 15.3. The summed E-state index contributed by atoms with van der Waals surface area (Å²) in [5.74, 6) is 0.0624. The molecular formula is C12H17N5. The van der Waals surface area contributed by atoms with Gasteiger partial charge >= 0.3 is 0 Å². The number of nitrogens with one attached hydrogen (secondary N) is 2. The fourth-order valence-electron chi connectivity index (χ4n) is 1.53. The smallest absolute Gasteiger partial charge is 0.209 e. The maximum atomic E-state index is 8.63. The monoisotopic (exact) mass is 231 g/mol. The summed E-state index contributed by atoms with van der Waals surface area (Å²) in [6.07, 6.45) is 5.99. The van der Waals surface area contributed by atoms with Crippen molar-refractivity contribution in [3.63, 3.8) is 0 Å². The van der Waals surface area contributed by atoms with Crippen molar-refractivity contribution in [2.75, 3.05) is 4.90 Å². The third-order valence-electron chi connectivity index (χ3n) is 2.77. The lowest BCUT2D eigenvalue weighted by molar-refractivity contribution is 0.492. The van der Waals surface area contributed by atoms with E-state index < -0.39 is 0 Å². The van der Waals surface area contributed by atoms with Gasteiger partial charge < -0.3 is 4.90 Å². The molecule has 0 amide bonds. The number of hydrogen-bond donors (Lipinski definition) is 2. The summed E-state index contributed by atoms with van der Waals surface area (Å²) in [7, 11) is 0. The SMILES string of the molecule is CCC(C)(C)N(C(=N)NC#N)c1cccnc1. The van der Waals surface area contributed by atoms with E-state index in [-0.39, 0.29) is 11.5 Å². The van der Waals surface area contributed by atoms with Gasteiger partial charge in [0.2, 0.25) is 5.96 Å². The third-order valence-corrected chi connectivity index (χ3v) is 2.77. The molecule has 5 heteroatoms. The van der Waals surface area contributed by atoms with Crippen molar-refractivity contribution >= 4 is 11.6 Å². The first-order valence-electron chi connectivity index (χ1n) is 5.47. The summed E-state index contributed by atoms with van der Waals surface area (Å²) in [5, 5.41) is 18.9.